The molecule has 0 rings (SSSR count). The Kier molecular flexibility index (Phi) is 579. The number of hydrogen-bond donors (Lipinski definition) is 0. The summed E-state index contributed by atoms with van der Waals surface area (Å²) in [5.74, 6) is 0. The van der Waals surface area contributed by atoms with Crippen molar-refractivity contribution in [2.24, 2.45) is 0 Å². The van der Waals surface area contributed by atoms with Crippen molar-refractivity contribution in [3.8, 4) is 0 Å². The van der Waals surface area contributed by atoms with Crippen LogP contribution in [0.4, 0.5) is 0 Å². The van der Waals surface area contributed by atoms with Gasteiger partial charge in [-0.3, -0.25) is 0 Å². The smallest absolute Gasteiger partial charge is 1.00 e. The normalized spacial score (nSPS) is 0. The van der Waals surface area contributed by atoms with Crippen LogP contribution in [0.2, 0.25) is 0 Å². The van der Waals surface area contributed by atoms with Crippen molar-refractivity contribution in [3.63, 3.8) is 0 Å². The summed E-state index contributed by atoms with van der Waals surface area (Å²) in [5, 5.41) is 0. The van der Waals surface area contributed by atoms with E-state index in [0.717, 1.165) is 0 Å². The second-order valence-electron chi connectivity index (χ2n) is 0. The first kappa shape index (κ1) is 72.1. The van der Waals surface area contributed by atoms with Crippen molar-refractivity contribution < 1.29 is 93.7 Å². The van der Waals surface area contributed by atoms with Gasteiger partial charge >= 0.3 is 56.5 Å². The molecule has 0 atom stereocenters. The summed E-state index contributed by atoms with van der Waals surface area (Å²) in [6, 6.07) is 0. The third-order valence-electron chi connectivity index (χ3n) is 0. The van der Waals surface area contributed by atoms with E-state index in [-0.39, 0.29) is 93.7 Å². The zero-order valence-electron chi connectivity index (χ0n) is 2.04. The van der Waals surface area contributed by atoms with E-state index in [2.05, 4.69) is 0 Å². The van der Waals surface area contributed by atoms with Crippen molar-refractivity contribution in [1.29, 1.82) is 0 Å². The van der Waals surface area contributed by atoms with Crippen LogP contribution < -0.4 is 37.2 Å². The molecule has 0 nitrogen and oxygen atoms in total. The zero-order valence-corrected chi connectivity index (χ0v) is 7.67. The van der Waals surface area contributed by atoms with E-state index in [4.69, 9.17) is 0 Å². The van der Waals surface area contributed by atoms with Gasteiger partial charge in [0.15, 0.2) is 0 Å². The van der Waals surface area contributed by atoms with E-state index in [9.17, 15) is 0 Å². The Bertz CT molecular complexity index is 8.75. The first-order valence-corrected chi connectivity index (χ1v) is 0. The van der Waals surface area contributed by atoms with Crippen LogP contribution in [0.1, 0.15) is 0 Å². The molecule has 0 aliphatic rings. The van der Waals surface area contributed by atoms with Gasteiger partial charge in [-0.05, 0) is 0 Å². The van der Waals surface area contributed by atoms with E-state index in [1.807, 2.05) is 0 Å². The van der Waals surface area contributed by atoms with Gasteiger partial charge in [0.2, 0.25) is 0 Å². The third-order valence-corrected chi connectivity index (χ3v) is 0. The molecule has 0 aromatic heterocycles. The molecule has 0 amide bonds. The Morgan fingerprint density at radius 3 is 0.500 bits per heavy atom. The molecule has 0 fully saturated rings. The van der Waals surface area contributed by atoms with Crippen LogP contribution in [0.25, 0.3) is 0 Å². The molecular formula is AgCl3Cu2. The predicted octanol–water partition coefficient (Wildman–Crippen LogP) is -9.00. The molecule has 0 aromatic carbocycles. The van der Waals surface area contributed by atoms with Crippen molar-refractivity contribution >= 4 is 0 Å². The fourth-order valence-electron chi connectivity index (χ4n) is 0. The van der Waals surface area contributed by atoms with Gasteiger partial charge in [0.1, 0.15) is 0 Å². The van der Waals surface area contributed by atoms with Gasteiger partial charge in [0.25, 0.3) is 0 Å². The maximum absolute atomic E-state index is 0. The molecule has 0 saturated carbocycles. The summed E-state index contributed by atoms with van der Waals surface area (Å²) in [4.78, 5) is 0. The minimum atomic E-state index is 0. The molecule has 6 heteroatoms. The summed E-state index contributed by atoms with van der Waals surface area (Å²) in [7, 11) is 0. The molecule has 0 bridgehead atoms. The SMILES string of the molecule is [Ag+].[Cl-].[Cl-].[Cl-].[Cu+].[Cu+]. The molecule has 54 valence electrons. The first-order valence-electron chi connectivity index (χ1n) is 0. The molecule has 6 heavy (non-hydrogen) atoms. The number of rotatable bonds is 0. The second-order valence-corrected chi connectivity index (χ2v) is 0. The molecule has 0 spiro atoms. The van der Waals surface area contributed by atoms with Gasteiger partial charge < -0.3 is 37.2 Å². The van der Waals surface area contributed by atoms with Crippen molar-refractivity contribution in [3.05, 3.63) is 0 Å². The molecule has 0 radical (unpaired) electrons. The topological polar surface area (TPSA) is 0 Å². The van der Waals surface area contributed by atoms with Gasteiger partial charge in [-0.2, -0.15) is 0 Å². The monoisotopic (exact) mass is 338 g/mol. The van der Waals surface area contributed by atoms with Gasteiger partial charge in [-0.15, -0.1) is 0 Å². The molecule has 0 heterocycles. The van der Waals surface area contributed by atoms with E-state index < -0.39 is 0 Å². The molecule has 0 aliphatic carbocycles. The number of halogens is 3. The summed E-state index contributed by atoms with van der Waals surface area (Å²) >= 11 is 0. The molecule has 0 aromatic rings. The maximum atomic E-state index is 0. The zero-order chi connectivity index (χ0) is 0. The molecular weight excluding hydrogens is 341 g/mol. The summed E-state index contributed by atoms with van der Waals surface area (Å²) in [6.07, 6.45) is 0. The largest absolute Gasteiger partial charge is 1.00 e. The molecule has 0 N–H and O–H groups in total. The van der Waals surface area contributed by atoms with Gasteiger partial charge in [-0.25, -0.2) is 0 Å². The van der Waals surface area contributed by atoms with E-state index in [1.165, 1.54) is 0 Å². The van der Waals surface area contributed by atoms with Gasteiger partial charge in [0.05, 0.1) is 0 Å². The van der Waals surface area contributed by atoms with Crippen LogP contribution >= 0.6 is 0 Å². The van der Waals surface area contributed by atoms with Crippen molar-refractivity contribution in [2.75, 3.05) is 0 Å². The Morgan fingerprint density at radius 1 is 0.500 bits per heavy atom. The third kappa shape index (κ3) is 30.2. The van der Waals surface area contributed by atoms with Crippen LogP contribution in [0.3, 0.4) is 0 Å². The van der Waals surface area contributed by atoms with Gasteiger partial charge in [0, 0.05) is 0 Å². The van der Waals surface area contributed by atoms with E-state index in [1.54, 1.807) is 0 Å². The quantitative estimate of drug-likeness (QED) is 0.384. The van der Waals surface area contributed by atoms with E-state index in [0.29, 0.717) is 0 Å². The average Bonchev–Trinajstić information content (AvgIpc) is 0. The van der Waals surface area contributed by atoms with Crippen molar-refractivity contribution in [1.82, 2.24) is 0 Å². The average molecular weight is 341 g/mol. The van der Waals surface area contributed by atoms with Gasteiger partial charge in [-0.1, -0.05) is 0 Å². The standard InChI is InChI=1S/Ag.3ClH.2Cu/h;3*1H;;/q+1;;;;2*+1/p-3. The predicted molar refractivity (Wildman–Crippen MR) is 0 cm³/mol. The molecule has 0 aliphatic heterocycles. The Hall–Kier alpha value is 2.65. The Morgan fingerprint density at radius 2 is 0.500 bits per heavy atom. The molecule has 0 saturated heterocycles. The molecule has 0 unspecified atom stereocenters. The fourth-order valence-corrected chi connectivity index (χ4v) is 0. The fraction of sp³-hybridized carbons (Fsp3) is 0. The Labute approximate surface area is 92.7 Å². The Balaban J connectivity index is 0. The van der Waals surface area contributed by atoms with Crippen LogP contribution in [0.5, 0.6) is 0 Å². The summed E-state index contributed by atoms with van der Waals surface area (Å²) < 4.78 is 0. The van der Waals surface area contributed by atoms with Crippen LogP contribution in [-0.2, 0) is 56.5 Å². The van der Waals surface area contributed by atoms with Crippen LogP contribution in [0.15, 0.2) is 0 Å². The minimum absolute atomic E-state index is 0. The maximum Gasteiger partial charge on any atom is 1.00 e. The van der Waals surface area contributed by atoms with Crippen molar-refractivity contribution in [2.45, 2.75) is 0 Å². The second kappa shape index (κ2) is 48.2. The van der Waals surface area contributed by atoms with Crippen LogP contribution in [-0.4, -0.2) is 0 Å². The first-order chi connectivity index (χ1) is 0. The van der Waals surface area contributed by atoms with Crippen LogP contribution in [0, 0.1) is 0 Å². The summed E-state index contributed by atoms with van der Waals surface area (Å²) in [6.45, 7) is 0. The minimum Gasteiger partial charge on any atom is -1.00 e. The number of hydrogen-bond acceptors (Lipinski definition) is 0. The van der Waals surface area contributed by atoms with E-state index >= 15 is 0 Å². The summed E-state index contributed by atoms with van der Waals surface area (Å²) in [5.41, 5.74) is 0.